The normalized spacial score (nSPS) is 11.0. The van der Waals surface area contributed by atoms with Gasteiger partial charge in [-0.25, -0.2) is 13.4 Å². The Morgan fingerprint density at radius 3 is 2.79 bits per heavy atom. The average Bonchev–Trinajstić information content (AvgIpc) is 2.85. The predicted molar refractivity (Wildman–Crippen MR) is 73.9 cm³/mol. The first kappa shape index (κ1) is 13.8. The molecule has 19 heavy (non-hydrogen) atoms. The Bertz CT molecular complexity index is 749. The molecule has 0 aliphatic heterocycles. The molecule has 0 radical (unpaired) electrons. The van der Waals surface area contributed by atoms with Gasteiger partial charge in [-0.1, -0.05) is 29.0 Å². The Hall–Kier alpha value is -1.62. The highest BCUT2D eigenvalue weighted by molar-refractivity contribution is 7.94. The fourth-order valence-corrected chi connectivity index (χ4v) is 4.06. The molecule has 0 saturated heterocycles. The van der Waals surface area contributed by atoms with Gasteiger partial charge in [-0.15, -0.1) is 0 Å². The van der Waals surface area contributed by atoms with E-state index in [4.69, 9.17) is 16.9 Å². The second-order valence-corrected chi connectivity index (χ2v) is 7.38. The number of hydrogen-bond acceptors (Lipinski definition) is 5. The van der Waals surface area contributed by atoms with Crippen molar-refractivity contribution in [2.45, 2.75) is 4.21 Å². The molecule has 0 amide bonds. The van der Waals surface area contributed by atoms with Gasteiger partial charge in [0.05, 0.1) is 23.5 Å². The van der Waals surface area contributed by atoms with Crippen LogP contribution < -0.4 is 4.31 Å². The molecule has 1 aromatic heterocycles. The van der Waals surface area contributed by atoms with Gasteiger partial charge in [-0.3, -0.25) is 4.31 Å². The summed E-state index contributed by atoms with van der Waals surface area (Å²) in [6, 6.07) is 8.31. The Labute approximate surface area is 119 Å². The van der Waals surface area contributed by atoms with E-state index in [1.807, 2.05) is 6.07 Å². The van der Waals surface area contributed by atoms with Crippen molar-refractivity contribution in [3.05, 3.63) is 40.5 Å². The minimum absolute atomic E-state index is 0.0577. The van der Waals surface area contributed by atoms with Gasteiger partial charge in [-0.2, -0.15) is 5.26 Å². The van der Waals surface area contributed by atoms with Gasteiger partial charge in [0, 0.05) is 7.05 Å². The van der Waals surface area contributed by atoms with Crippen molar-refractivity contribution in [1.82, 2.24) is 4.98 Å². The lowest BCUT2D eigenvalue weighted by Crippen LogP contribution is -2.25. The zero-order chi connectivity index (χ0) is 14.0. The van der Waals surface area contributed by atoms with Gasteiger partial charge in [0.25, 0.3) is 10.0 Å². The lowest BCUT2D eigenvalue weighted by Gasteiger charge is -2.18. The molecule has 0 bridgehead atoms. The molecule has 2 aromatic rings. The molecule has 0 aliphatic carbocycles. The van der Waals surface area contributed by atoms with E-state index in [1.54, 1.807) is 18.2 Å². The minimum Gasteiger partial charge on any atom is -0.269 e. The lowest BCUT2D eigenvalue weighted by molar-refractivity contribution is 0.596. The second-order valence-electron chi connectivity index (χ2n) is 3.57. The third-order valence-electron chi connectivity index (χ3n) is 2.41. The number of aromatic nitrogens is 1. The molecule has 2 rings (SSSR count). The van der Waals surface area contributed by atoms with E-state index in [-0.39, 0.29) is 8.68 Å². The molecule has 1 aromatic carbocycles. The van der Waals surface area contributed by atoms with Crippen LogP contribution in [0, 0.1) is 11.3 Å². The quantitative estimate of drug-likeness (QED) is 0.872. The smallest absolute Gasteiger partial charge is 0.269 e. The number of nitriles is 1. The predicted octanol–water partition coefficient (Wildman–Crippen LogP) is 2.49. The van der Waals surface area contributed by atoms with Crippen LogP contribution in [0.3, 0.4) is 0 Å². The monoisotopic (exact) mass is 313 g/mol. The first-order chi connectivity index (χ1) is 8.95. The molecule has 8 heteroatoms. The Morgan fingerprint density at radius 2 is 2.21 bits per heavy atom. The molecule has 1 heterocycles. The van der Waals surface area contributed by atoms with Gasteiger partial charge >= 0.3 is 0 Å². The number of rotatable bonds is 3. The van der Waals surface area contributed by atoms with Crippen LogP contribution in [0.2, 0.25) is 4.47 Å². The van der Waals surface area contributed by atoms with E-state index in [0.717, 1.165) is 15.6 Å². The van der Waals surface area contributed by atoms with Gasteiger partial charge < -0.3 is 0 Å². The molecular weight excluding hydrogens is 306 g/mol. The summed E-state index contributed by atoms with van der Waals surface area (Å²) in [7, 11) is -2.28. The Morgan fingerprint density at radius 1 is 1.47 bits per heavy atom. The Balaban J connectivity index is 2.43. The fourth-order valence-electron chi connectivity index (χ4n) is 1.40. The summed E-state index contributed by atoms with van der Waals surface area (Å²) in [4.78, 5) is 3.72. The summed E-state index contributed by atoms with van der Waals surface area (Å²) in [5.74, 6) is 0. The first-order valence-electron chi connectivity index (χ1n) is 5.05. The summed E-state index contributed by atoms with van der Waals surface area (Å²) >= 11 is 6.53. The van der Waals surface area contributed by atoms with Gasteiger partial charge in [0.15, 0.2) is 8.68 Å². The van der Waals surface area contributed by atoms with Crippen LogP contribution in [0.5, 0.6) is 0 Å². The lowest BCUT2D eigenvalue weighted by atomic mass is 10.2. The maximum atomic E-state index is 12.3. The van der Waals surface area contributed by atoms with Crippen LogP contribution in [0.4, 0.5) is 5.69 Å². The largest absolute Gasteiger partial charge is 0.275 e. The number of hydrogen-bond donors (Lipinski definition) is 0. The van der Waals surface area contributed by atoms with E-state index in [9.17, 15) is 8.42 Å². The maximum Gasteiger partial charge on any atom is 0.275 e. The third kappa shape index (κ3) is 2.71. The zero-order valence-corrected chi connectivity index (χ0v) is 12.1. The zero-order valence-electron chi connectivity index (χ0n) is 9.74. The van der Waals surface area contributed by atoms with E-state index in [0.29, 0.717) is 11.3 Å². The minimum atomic E-state index is -3.70. The Kier molecular flexibility index (Phi) is 3.75. The SMILES string of the molecule is CN(c1cccc(C#N)c1)S(=O)(=O)c1cnc(Cl)s1. The molecule has 0 aliphatic rings. The van der Waals surface area contributed by atoms with Gasteiger partial charge in [0.2, 0.25) is 0 Å². The first-order valence-corrected chi connectivity index (χ1v) is 7.69. The molecule has 5 nitrogen and oxygen atoms in total. The van der Waals surface area contributed by atoms with E-state index >= 15 is 0 Å². The number of anilines is 1. The van der Waals surface area contributed by atoms with Crippen molar-refractivity contribution in [3.8, 4) is 6.07 Å². The summed E-state index contributed by atoms with van der Waals surface area (Å²) < 4.78 is 25.9. The molecule has 0 spiro atoms. The highest BCUT2D eigenvalue weighted by Gasteiger charge is 2.24. The van der Waals surface area contributed by atoms with Crippen molar-refractivity contribution >= 4 is 38.6 Å². The molecule has 0 atom stereocenters. The molecular formula is C11H8ClN3O2S2. The van der Waals surface area contributed by atoms with Crippen LogP contribution >= 0.6 is 22.9 Å². The van der Waals surface area contributed by atoms with Crippen LogP contribution in [0.15, 0.2) is 34.7 Å². The number of benzene rings is 1. The van der Waals surface area contributed by atoms with Crippen LogP contribution in [-0.4, -0.2) is 20.4 Å². The summed E-state index contributed by atoms with van der Waals surface area (Å²) in [6.45, 7) is 0. The third-order valence-corrected chi connectivity index (χ3v) is 5.75. The van der Waals surface area contributed by atoms with Gasteiger partial charge in [0.1, 0.15) is 0 Å². The van der Waals surface area contributed by atoms with Gasteiger partial charge in [-0.05, 0) is 18.2 Å². The van der Waals surface area contributed by atoms with E-state index in [2.05, 4.69) is 4.98 Å². The molecule has 0 saturated carbocycles. The number of nitrogens with zero attached hydrogens (tertiary/aromatic N) is 3. The highest BCUT2D eigenvalue weighted by Crippen LogP contribution is 2.28. The van der Waals surface area contributed by atoms with Crippen molar-refractivity contribution in [3.63, 3.8) is 0 Å². The van der Waals surface area contributed by atoms with Crippen molar-refractivity contribution < 1.29 is 8.42 Å². The second kappa shape index (κ2) is 5.17. The molecule has 0 fully saturated rings. The molecule has 98 valence electrons. The van der Waals surface area contributed by atoms with Crippen LogP contribution in [-0.2, 0) is 10.0 Å². The summed E-state index contributed by atoms with van der Waals surface area (Å²) in [6.07, 6.45) is 1.22. The maximum absolute atomic E-state index is 12.3. The number of halogens is 1. The van der Waals surface area contributed by atoms with Crippen LogP contribution in [0.25, 0.3) is 0 Å². The highest BCUT2D eigenvalue weighted by atomic mass is 35.5. The number of sulfonamides is 1. The van der Waals surface area contributed by atoms with Crippen molar-refractivity contribution in [2.24, 2.45) is 0 Å². The topological polar surface area (TPSA) is 74.1 Å². The standard InChI is InChI=1S/C11H8ClN3O2S2/c1-15(9-4-2-3-8(5-9)6-13)19(16,17)10-7-14-11(12)18-10/h2-5,7H,1H3. The number of thiazole rings is 1. The summed E-state index contributed by atoms with van der Waals surface area (Å²) in [5, 5.41) is 8.82. The van der Waals surface area contributed by atoms with E-state index < -0.39 is 10.0 Å². The average molecular weight is 314 g/mol. The van der Waals surface area contributed by atoms with Crippen molar-refractivity contribution in [2.75, 3.05) is 11.4 Å². The molecule has 0 N–H and O–H groups in total. The molecule has 0 unspecified atom stereocenters. The van der Waals surface area contributed by atoms with Crippen molar-refractivity contribution in [1.29, 1.82) is 5.26 Å². The van der Waals surface area contributed by atoms with E-state index in [1.165, 1.54) is 19.3 Å². The fraction of sp³-hybridized carbons (Fsp3) is 0.0909. The summed E-state index contributed by atoms with van der Waals surface area (Å²) in [5.41, 5.74) is 0.797. The van der Waals surface area contributed by atoms with Crippen LogP contribution in [0.1, 0.15) is 5.56 Å².